The van der Waals surface area contributed by atoms with Crippen molar-refractivity contribution in [2.24, 2.45) is 7.05 Å². The summed E-state index contributed by atoms with van der Waals surface area (Å²) in [5.41, 5.74) is 0.597. The summed E-state index contributed by atoms with van der Waals surface area (Å²) >= 11 is 5.73. The fourth-order valence-electron chi connectivity index (χ4n) is 1.70. The largest absolute Gasteiger partial charge is 0.467 e. The van der Waals surface area contributed by atoms with Gasteiger partial charge >= 0.3 is 5.97 Å². The minimum Gasteiger partial charge on any atom is -0.467 e. The molecule has 0 fully saturated rings. The van der Waals surface area contributed by atoms with Crippen LogP contribution < -0.4 is 5.32 Å². The molecule has 0 aliphatic rings. The van der Waals surface area contributed by atoms with Crippen molar-refractivity contribution in [3.05, 3.63) is 47.0 Å². The van der Waals surface area contributed by atoms with Crippen LogP contribution in [0.3, 0.4) is 0 Å². The maximum Gasteiger partial charge on any atom is 0.333 e. The van der Waals surface area contributed by atoms with Crippen LogP contribution in [-0.4, -0.2) is 33.8 Å². The monoisotopic (exact) mass is 308 g/mol. The molecule has 0 saturated heterocycles. The van der Waals surface area contributed by atoms with E-state index >= 15 is 0 Å². The lowest BCUT2D eigenvalue weighted by atomic mass is 10.1. The molecule has 1 aromatic heterocycles. The number of ether oxygens (including phenoxy) is 1. The van der Waals surface area contributed by atoms with E-state index in [4.69, 9.17) is 16.3 Å². The Hall–Kier alpha value is -2.41. The topological polar surface area (TPSA) is 86.1 Å². The summed E-state index contributed by atoms with van der Waals surface area (Å²) < 4.78 is 5.96. The number of nitrogens with zero attached hydrogens (tertiary/aromatic N) is 3. The lowest BCUT2D eigenvalue weighted by Crippen LogP contribution is -2.35. The summed E-state index contributed by atoms with van der Waals surface area (Å²) in [6.07, 6.45) is 0. The summed E-state index contributed by atoms with van der Waals surface area (Å²) in [5, 5.41) is 6.46. The zero-order valence-corrected chi connectivity index (χ0v) is 12.2. The smallest absolute Gasteiger partial charge is 0.333 e. The molecule has 1 amide bonds. The van der Waals surface area contributed by atoms with Gasteiger partial charge in [0.1, 0.15) is 0 Å². The highest BCUT2D eigenvalue weighted by Gasteiger charge is 2.25. The first-order chi connectivity index (χ1) is 10.0. The number of carbonyl (C=O) groups excluding carboxylic acids is 2. The summed E-state index contributed by atoms with van der Waals surface area (Å²) in [4.78, 5) is 27.7. The van der Waals surface area contributed by atoms with Crippen molar-refractivity contribution < 1.29 is 14.3 Å². The quantitative estimate of drug-likeness (QED) is 0.855. The molecule has 0 spiro atoms. The van der Waals surface area contributed by atoms with E-state index in [0.717, 1.165) is 0 Å². The SMILES string of the molecule is COC(=O)C(NC(=O)c1nc(Cl)n(C)n1)c1ccccc1. The second-order valence-electron chi connectivity index (χ2n) is 4.17. The maximum absolute atomic E-state index is 12.1. The molecule has 1 unspecified atom stereocenters. The molecule has 110 valence electrons. The van der Waals surface area contributed by atoms with E-state index in [1.54, 1.807) is 37.4 Å². The number of nitrogens with one attached hydrogen (secondary N) is 1. The molecule has 0 aliphatic carbocycles. The van der Waals surface area contributed by atoms with Crippen LogP contribution in [0.1, 0.15) is 22.2 Å². The number of rotatable bonds is 4. The fourth-order valence-corrected chi connectivity index (χ4v) is 1.82. The Morgan fingerprint density at radius 2 is 2.00 bits per heavy atom. The van der Waals surface area contributed by atoms with E-state index in [1.165, 1.54) is 11.8 Å². The summed E-state index contributed by atoms with van der Waals surface area (Å²) in [6.45, 7) is 0. The van der Waals surface area contributed by atoms with Gasteiger partial charge in [-0.25, -0.2) is 9.48 Å². The Morgan fingerprint density at radius 3 is 2.52 bits per heavy atom. The fraction of sp³-hybridized carbons (Fsp3) is 0.231. The van der Waals surface area contributed by atoms with Crippen molar-refractivity contribution in [3.8, 4) is 0 Å². The Labute approximate surface area is 125 Å². The molecule has 2 rings (SSSR count). The van der Waals surface area contributed by atoms with Crippen LogP contribution in [-0.2, 0) is 16.6 Å². The van der Waals surface area contributed by atoms with Crippen LogP contribution in [0.2, 0.25) is 5.28 Å². The normalized spacial score (nSPS) is 11.8. The molecule has 0 radical (unpaired) electrons. The van der Waals surface area contributed by atoms with E-state index in [2.05, 4.69) is 15.4 Å². The van der Waals surface area contributed by atoms with Gasteiger partial charge in [-0.05, 0) is 17.2 Å². The van der Waals surface area contributed by atoms with Gasteiger partial charge in [-0.3, -0.25) is 4.79 Å². The highest BCUT2D eigenvalue weighted by Crippen LogP contribution is 2.15. The maximum atomic E-state index is 12.1. The van der Waals surface area contributed by atoms with Crippen LogP contribution in [0.5, 0.6) is 0 Å². The van der Waals surface area contributed by atoms with E-state index in [-0.39, 0.29) is 11.1 Å². The molecular weight excluding hydrogens is 296 g/mol. The number of halogens is 1. The Bertz CT molecular complexity index is 637. The lowest BCUT2D eigenvalue weighted by Gasteiger charge is -2.15. The zero-order chi connectivity index (χ0) is 15.4. The minimum atomic E-state index is -0.939. The molecular formula is C13H13ClN4O3. The van der Waals surface area contributed by atoms with E-state index < -0.39 is 17.9 Å². The Morgan fingerprint density at radius 1 is 1.33 bits per heavy atom. The second-order valence-corrected chi connectivity index (χ2v) is 4.51. The standard InChI is InChI=1S/C13H13ClN4O3/c1-18-13(14)16-10(17-18)11(19)15-9(12(20)21-2)8-6-4-3-5-7-8/h3-7,9H,1-2H3,(H,15,19). The minimum absolute atomic E-state index is 0.0782. The van der Waals surface area contributed by atoms with Crippen molar-refractivity contribution in [2.45, 2.75) is 6.04 Å². The molecule has 0 aliphatic heterocycles. The molecule has 2 aromatic rings. The van der Waals surface area contributed by atoms with E-state index in [1.807, 2.05) is 0 Å². The average Bonchev–Trinajstić information content (AvgIpc) is 2.84. The van der Waals surface area contributed by atoms with E-state index in [0.29, 0.717) is 5.56 Å². The number of benzene rings is 1. The summed E-state index contributed by atoms with van der Waals surface area (Å²) in [5.74, 6) is -1.32. The molecule has 21 heavy (non-hydrogen) atoms. The summed E-state index contributed by atoms with van der Waals surface area (Å²) in [7, 11) is 2.81. The second kappa shape index (κ2) is 6.36. The highest BCUT2D eigenvalue weighted by molar-refractivity contribution is 6.28. The third-order valence-electron chi connectivity index (χ3n) is 2.76. The van der Waals surface area contributed by atoms with Gasteiger partial charge < -0.3 is 10.1 Å². The van der Waals surface area contributed by atoms with Crippen molar-refractivity contribution in [1.82, 2.24) is 20.1 Å². The first kappa shape index (κ1) is 15.0. The Balaban J connectivity index is 2.23. The van der Waals surface area contributed by atoms with E-state index in [9.17, 15) is 9.59 Å². The van der Waals surface area contributed by atoms with Crippen molar-refractivity contribution in [2.75, 3.05) is 7.11 Å². The number of amides is 1. The van der Waals surface area contributed by atoms with Crippen LogP contribution in [0.25, 0.3) is 0 Å². The first-order valence-electron chi connectivity index (χ1n) is 6.03. The number of hydrogen-bond acceptors (Lipinski definition) is 5. The number of esters is 1. The lowest BCUT2D eigenvalue weighted by molar-refractivity contribution is -0.143. The summed E-state index contributed by atoms with van der Waals surface area (Å²) in [6, 6.07) is 7.80. The molecule has 0 saturated carbocycles. The molecule has 1 N–H and O–H groups in total. The van der Waals surface area contributed by atoms with Crippen LogP contribution >= 0.6 is 11.6 Å². The molecule has 1 atom stereocenters. The van der Waals surface area contributed by atoms with Crippen molar-refractivity contribution in [1.29, 1.82) is 0 Å². The highest BCUT2D eigenvalue weighted by atomic mass is 35.5. The average molecular weight is 309 g/mol. The number of methoxy groups -OCH3 is 1. The third-order valence-corrected chi connectivity index (χ3v) is 3.09. The van der Waals surface area contributed by atoms with Gasteiger partial charge in [-0.2, -0.15) is 4.98 Å². The van der Waals surface area contributed by atoms with Gasteiger partial charge in [0.2, 0.25) is 11.1 Å². The molecule has 8 heteroatoms. The predicted molar refractivity (Wildman–Crippen MR) is 74.7 cm³/mol. The van der Waals surface area contributed by atoms with Crippen LogP contribution in [0.4, 0.5) is 0 Å². The Kier molecular flexibility index (Phi) is 4.54. The molecule has 7 nitrogen and oxygen atoms in total. The molecule has 0 bridgehead atoms. The van der Waals surface area contributed by atoms with Crippen molar-refractivity contribution in [3.63, 3.8) is 0 Å². The van der Waals surface area contributed by atoms with Gasteiger partial charge in [0.05, 0.1) is 7.11 Å². The predicted octanol–water partition coefficient (Wildman–Crippen LogP) is 1.11. The number of hydrogen-bond donors (Lipinski definition) is 1. The van der Waals surface area contributed by atoms with Gasteiger partial charge in [0.15, 0.2) is 6.04 Å². The zero-order valence-electron chi connectivity index (χ0n) is 11.4. The number of carbonyl (C=O) groups is 2. The third kappa shape index (κ3) is 3.38. The number of aromatic nitrogens is 3. The molecule has 1 heterocycles. The van der Waals surface area contributed by atoms with Gasteiger partial charge in [-0.1, -0.05) is 30.3 Å². The van der Waals surface area contributed by atoms with Gasteiger partial charge in [0, 0.05) is 7.05 Å². The van der Waals surface area contributed by atoms with Crippen LogP contribution in [0.15, 0.2) is 30.3 Å². The number of aryl methyl sites for hydroxylation is 1. The van der Waals surface area contributed by atoms with Crippen LogP contribution in [0, 0.1) is 0 Å². The van der Waals surface area contributed by atoms with Gasteiger partial charge in [-0.15, -0.1) is 5.10 Å². The molecule has 1 aromatic carbocycles. The van der Waals surface area contributed by atoms with Crippen molar-refractivity contribution >= 4 is 23.5 Å². The van der Waals surface area contributed by atoms with Gasteiger partial charge in [0.25, 0.3) is 5.91 Å². The first-order valence-corrected chi connectivity index (χ1v) is 6.41.